The van der Waals surface area contributed by atoms with Crippen LogP contribution in [0, 0.1) is 0 Å². The van der Waals surface area contributed by atoms with Crippen LogP contribution in [-0.4, -0.2) is 24.3 Å². The van der Waals surface area contributed by atoms with Crippen LogP contribution in [0.25, 0.3) is 0 Å². The zero-order chi connectivity index (χ0) is 16.8. The van der Waals surface area contributed by atoms with Crippen molar-refractivity contribution in [1.29, 1.82) is 0 Å². The largest absolute Gasteiger partial charge is 0.396 e. The molecule has 0 aliphatic carbocycles. The Kier molecular flexibility index (Phi) is 20.7. The molecule has 0 aliphatic rings. The predicted molar refractivity (Wildman–Crippen MR) is 98.6 cm³/mol. The first kappa shape index (κ1) is 22.3. The second-order valence-corrected chi connectivity index (χ2v) is 6.71. The monoisotopic (exact) mass is 325 g/mol. The number of carbonyl (C=O) groups excluding carboxylic acids is 1. The highest BCUT2D eigenvalue weighted by atomic mass is 16.2. The molecule has 0 spiro atoms. The topological polar surface area (TPSA) is 49.7 Å². The standard InChI is InChI=1S/C20H39NO2/c22-19-17-15-13-11-9-7-5-3-1-2-4-6-8-10-12-14-16-18-21-20-23/h22H,1-19H2. The molecule has 0 aromatic heterocycles. The lowest BCUT2D eigenvalue weighted by molar-refractivity contribution is 0.282. The van der Waals surface area contributed by atoms with Crippen LogP contribution in [-0.2, 0) is 4.79 Å². The molecule has 0 saturated heterocycles. The highest BCUT2D eigenvalue weighted by Gasteiger charge is 1.94. The van der Waals surface area contributed by atoms with E-state index in [0.29, 0.717) is 13.2 Å². The van der Waals surface area contributed by atoms with Crippen molar-refractivity contribution < 1.29 is 9.90 Å². The van der Waals surface area contributed by atoms with E-state index in [1.54, 1.807) is 6.08 Å². The Morgan fingerprint density at radius 1 is 0.522 bits per heavy atom. The highest BCUT2D eigenvalue weighted by molar-refractivity contribution is 5.32. The summed E-state index contributed by atoms with van der Waals surface area (Å²) in [4.78, 5) is 13.5. The molecule has 3 heteroatoms. The average Bonchev–Trinajstić information content (AvgIpc) is 2.57. The normalized spacial score (nSPS) is 10.7. The van der Waals surface area contributed by atoms with Crippen molar-refractivity contribution in [3.05, 3.63) is 0 Å². The zero-order valence-electron chi connectivity index (χ0n) is 15.2. The summed E-state index contributed by atoms with van der Waals surface area (Å²) < 4.78 is 0. The van der Waals surface area contributed by atoms with E-state index >= 15 is 0 Å². The Labute approximate surface area is 144 Å². The molecule has 3 nitrogen and oxygen atoms in total. The van der Waals surface area contributed by atoms with Crippen molar-refractivity contribution in [2.75, 3.05) is 13.2 Å². The van der Waals surface area contributed by atoms with Crippen LogP contribution in [0.2, 0.25) is 0 Å². The molecule has 136 valence electrons. The number of aliphatic imine (C=N–C) groups is 1. The van der Waals surface area contributed by atoms with E-state index in [9.17, 15) is 4.79 Å². The molecule has 0 fully saturated rings. The molecule has 0 amide bonds. The van der Waals surface area contributed by atoms with Crippen LogP contribution < -0.4 is 0 Å². The first-order valence-electron chi connectivity index (χ1n) is 10.1. The van der Waals surface area contributed by atoms with E-state index in [1.165, 1.54) is 96.3 Å². The van der Waals surface area contributed by atoms with E-state index in [-0.39, 0.29) is 0 Å². The number of isocyanates is 1. The fraction of sp³-hybridized carbons (Fsp3) is 0.950. The molecule has 0 radical (unpaired) electrons. The first-order valence-corrected chi connectivity index (χ1v) is 10.1. The van der Waals surface area contributed by atoms with Gasteiger partial charge in [0, 0.05) is 6.61 Å². The molecule has 0 saturated carbocycles. The molecule has 0 unspecified atom stereocenters. The maximum absolute atomic E-state index is 9.89. The molecule has 0 aromatic rings. The second kappa shape index (κ2) is 21.3. The number of aliphatic hydroxyl groups excluding tert-OH is 1. The van der Waals surface area contributed by atoms with Gasteiger partial charge in [-0.1, -0.05) is 96.3 Å². The van der Waals surface area contributed by atoms with Crippen LogP contribution in [0.5, 0.6) is 0 Å². The molecule has 1 N–H and O–H groups in total. The molecule has 0 rings (SSSR count). The SMILES string of the molecule is O=C=NCCCCCCCCCCCCCCCCCCCO. The first-order chi connectivity index (χ1) is 11.4. The Hall–Kier alpha value is -0.660. The summed E-state index contributed by atoms with van der Waals surface area (Å²) >= 11 is 0. The van der Waals surface area contributed by atoms with Gasteiger partial charge in [-0.2, -0.15) is 0 Å². The van der Waals surface area contributed by atoms with Crippen molar-refractivity contribution >= 4 is 6.08 Å². The Morgan fingerprint density at radius 3 is 1.13 bits per heavy atom. The van der Waals surface area contributed by atoms with E-state index < -0.39 is 0 Å². The number of rotatable bonds is 19. The second-order valence-electron chi connectivity index (χ2n) is 6.71. The molecular weight excluding hydrogens is 286 g/mol. The minimum atomic E-state index is 0.358. The van der Waals surface area contributed by atoms with Gasteiger partial charge in [-0.3, -0.25) is 0 Å². The lowest BCUT2D eigenvalue weighted by atomic mass is 10.0. The summed E-state index contributed by atoms with van der Waals surface area (Å²) in [6.45, 7) is 1.02. The number of hydrogen-bond donors (Lipinski definition) is 1. The van der Waals surface area contributed by atoms with E-state index in [4.69, 9.17) is 5.11 Å². The van der Waals surface area contributed by atoms with Gasteiger partial charge >= 0.3 is 0 Å². The zero-order valence-corrected chi connectivity index (χ0v) is 15.2. The van der Waals surface area contributed by atoms with Gasteiger partial charge in [-0.15, -0.1) is 0 Å². The van der Waals surface area contributed by atoms with Gasteiger partial charge in [-0.25, -0.2) is 9.79 Å². The van der Waals surface area contributed by atoms with Crippen LogP contribution in [0.15, 0.2) is 4.99 Å². The third kappa shape index (κ3) is 21.3. The van der Waals surface area contributed by atoms with Crippen LogP contribution in [0.3, 0.4) is 0 Å². The number of unbranched alkanes of at least 4 members (excludes halogenated alkanes) is 16. The average molecular weight is 326 g/mol. The van der Waals surface area contributed by atoms with Gasteiger partial charge in [0.1, 0.15) is 0 Å². The number of hydrogen-bond acceptors (Lipinski definition) is 3. The summed E-state index contributed by atoms with van der Waals surface area (Å²) in [5.41, 5.74) is 0. The molecule has 0 aromatic carbocycles. The van der Waals surface area contributed by atoms with Gasteiger partial charge < -0.3 is 5.11 Å². The van der Waals surface area contributed by atoms with Gasteiger partial charge in [0.25, 0.3) is 0 Å². The van der Waals surface area contributed by atoms with Gasteiger partial charge in [0.05, 0.1) is 6.54 Å². The Bertz CT molecular complexity index is 262. The molecule has 23 heavy (non-hydrogen) atoms. The van der Waals surface area contributed by atoms with E-state index in [2.05, 4.69) is 4.99 Å². The quantitative estimate of drug-likeness (QED) is 0.181. The van der Waals surface area contributed by atoms with Crippen LogP contribution >= 0.6 is 0 Å². The van der Waals surface area contributed by atoms with Crippen molar-refractivity contribution in [3.63, 3.8) is 0 Å². The highest BCUT2D eigenvalue weighted by Crippen LogP contribution is 2.13. The van der Waals surface area contributed by atoms with Crippen molar-refractivity contribution in [2.24, 2.45) is 4.99 Å². The minimum absolute atomic E-state index is 0.358. The predicted octanol–water partition coefficient (Wildman–Crippen LogP) is 5.95. The Morgan fingerprint density at radius 2 is 0.826 bits per heavy atom. The van der Waals surface area contributed by atoms with Crippen molar-refractivity contribution in [1.82, 2.24) is 0 Å². The van der Waals surface area contributed by atoms with Crippen LogP contribution in [0.1, 0.15) is 109 Å². The molecular formula is C20H39NO2. The summed E-state index contributed by atoms with van der Waals surface area (Å²) in [6, 6.07) is 0. The molecule has 0 bridgehead atoms. The minimum Gasteiger partial charge on any atom is -0.396 e. The third-order valence-electron chi connectivity index (χ3n) is 4.49. The fourth-order valence-corrected chi connectivity index (χ4v) is 3.00. The summed E-state index contributed by atoms with van der Waals surface area (Å²) in [6.07, 6.45) is 23.8. The van der Waals surface area contributed by atoms with Crippen LogP contribution in [0.4, 0.5) is 0 Å². The van der Waals surface area contributed by atoms with E-state index in [0.717, 1.165) is 12.8 Å². The molecule has 0 heterocycles. The fourth-order valence-electron chi connectivity index (χ4n) is 3.00. The van der Waals surface area contributed by atoms with Gasteiger partial charge in [0.15, 0.2) is 0 Å². The smallest absolute Gasteiger partial charge is 0.234 e. The van der Waals surface area contributed by atoms with E-state index in [1.807, 2.05) is 0 Å². The third-order valence-corrected chi connectivity index (χ3v) is 4.49. The summed E-state index contributed by atoms with van der Waals surface area (Å²) in [5.74, 6) is 0. The maximum Gasteiger partial charge on any atom is 0.234 e. The number of nitrogens with zero attached hydrogens (tertiary/aromatic N) is 1. The Balaban J connectivity index is 2.96. The van der Waals surface area contributed by atoms with Gasteiger partial charge in [-0.05, 0) is 12.8 Å². The summed E-state index contributed by atoms with van der Waals surface area (Å²) in [7, 11) is 0. The van der Waals surface area contributed by atoms with Crippen molar-refractivity contribution in [3.8, 4) is 0 Å². The maximum atomic E-state index is 9.89. The molecule has 0 atom stereocenters. The lowest BCUT2D eigenvalue weighted by Crippen LogP contribution is -1.85. The van der Waals surface area contributed by atoms with Gasteiger partial charge in [0.2, 0.25) is 6.08 Å². The number of aliphatic hydroxyl groups is 1. The summed E-state index contributed by atoms with van der Waals surface area (Å²) in [5, 5.41) is 8.69. The van der Waals surface area contributed by atoms with Crippen molar-refractivity contribution in [2.45, 2.75) is 109 Å². The molecule has 0 aliphatic heterocycles. The lowest BCUT2D eigenvalue weighted by Gasteiger charge is -2.03.